The van der Waals surface area contributed by atoms with E-state index in [0.717, 1.165) is 21.6 Å². The van der Waals surface area contributed by atoms with Crippen LogP contribution in [0.4, 0.5) is 5.82 Å². The number of H-pyrrole nitrogens is 1. The number of hydrogen-bond donors (Lipinski definition) is 2. The molecule has 0 fully saturated rings. The van der Waals surface area contributed by atoms with Gasteiger partial charge in [0.15, 0.2) is 0 Å². The molecule has 6 nitrogen and oxygen atoms in total. The first kappa shape index (κ1) is 10.8. The van der Waals surface area contributed by atoms with E-state index in [2.05, 4.69) is 10.2 Å². The lowest BCUT2D eigenvalue weighted by Crippen LogP contribution is -1.88. The molecule has 0 aliphatic heterocycles. The number of hydrogen-bond acceptors (Lipinski definition) is 6. The highest BCUT2D eigenvalue weighted by Crippen LogP contribution is 2.34. The molecule has 0 aliphatic rings. The Morgan fingerprint density at radius 2 is 2.28 bits per heavy atom. The summed E-state index contributed by atoms with van der Waals surface area (Å²) >= 11 is 1.04. The lowest BCUT2D eigenvalue weighted by atomic mass is 10.1. The standard InChI is InChI=1S/C11H9N3O3S/c1-16-7-4-9-8(17-11(15)18-9)2-5(7)6-3-10(12)14-13-6/h2-4H,1H3,(H3,12,13,14). The Bertz CT molecular complexity index is 771. The fourth-order valence-corrected chi connectivity index (χ4v) is 2.43. The first-order valence-electron chi connectivity index (χ1n) is 5.10. The minimum atomic E-state index is -0.340. The molecule has 2 heterocycles. The molecule has 0 saturated heterocycles. The molecule has 92 valence electrons. The second-order valence-electron chi connectivity index (χ2n) is 3.66. The molecule has 3 rings (SSSR count). The van der Waals surface area contributed by atoms with Gasteiger partial charge in [-0.15, -0.1) is 0 Å². The summed E-state index contributed by atoms with van der Waals surface area (Å²) in [5.41, 5.74) is 7.55. The summed E-state index contributed by atoms with van der Waals surface area (Å²) in [6.45, 7) is 0. The average molecular weight is 263 g/mol. The minimum Gasteiger partial charge on any atom is -0.496 e. The molecule has 1 aromatic carbocycles. The number of rotatable bonds is 2. The third kappa shape index (κ3) is 1.65. The Hall–Kier alpha value is -2.28. The molecule has 3 aromatic rings. The van der Waals surface area contributed by atoms with Gasteiger partial charge in [0.2, 0.25) is 0 Å². The van der Waals surface area contributed by atoms with E-state index in [1.807, 2.05) is 0 Å². The third-order valence-corrected chi connectivity index (χ3v) is 3.33. The zero-order valence-electron chi connectivity index (χ0n) is 9.39. The van der Waals surface area contributed by atoms with Crippen LogP contribution in [0, 0.1) is 0 Å². The molecule has 0 atom stereocenters. The van der Waals surface area contributed by atoms with E-state index in [4.69, 9.17) is 14.9 Å². The Labute approximate surface area is 105 Å². The number of nitrogens with zero attached hydrogens (tertiary/aromatic N) is 1. The SMILES string of the molecule is COc1cc2sc(=O)oc2cc1-c1cc(N)n[nH]1. The summed E-state index contributed by atoms with van der Waals surface area (Å²) in [6, 6.07) is 5.18. The number of aromatic amines is 1. The van der Waals surface area contributed by atoms with Crippen LogP contribution in [0.1, 0.15) is 0 Å². The van der Waals surface area contributed by atoms with Gasteiger partial charge in [0.05, 0.1) is 17.5 Å². The summed E-state index contributed by atoms with van der Waals surface area (Å²) in [5, 5.41) is 6.66. The van der Waals surface area contributed by atoms with Gasteiger partial charge in [0, 0.05) is 17.7 Å². The Morgan fingerprint density at radius 3 is 2.94 bits per heavy atom. The number of nitrogens with two attached hydrogens (primary N) is 1. The number of nitrogens with one attached hydrogen (secondary N) is 1. The maximum absolute atomic E-state index is 11.2. The van der Waals surface area contributed by atoms with Crippen LogP contribution in [-0.2, 0) is 0 Å². The lowest BCUT2D eigenvalue weighted by Gasteiger charge is -2.05. The average Bonchev–Trinajstić information content (AvgIpc) is 2.91. The van der Waals surface area contributed by atoms with Gasteiger partial charge in [-0.2, -0.15) is 5.10 Å². The van der Waals surface area contributed by atoms with Crippen LogP contribution in [0.25, 0.3) is 21.5 Å². The van der Waals surface area contributed by atoms with Crippen molar-refractivity contribution in [2.24, 2.45) is 0 Å². The summed E-state index contributed by atoms with van der Waals surface area (Å²) in [4.78, 5) is 10.9. The second kappa shape index (κ2) is 3.88. The van der Waals surface area contributed by atoms with Crippen molar-refractivity contribution in [1.29, 1.82) is 0 Å². The summed E-state index contributed by atoms with van der Waals surface area (Å²) in [5.74, 6) is 1.02. The molecule has 18 heavy (non-hydrogen) atoms. The monoisotopic (exact) mass is 263 g/mol. The van der Waals surface area contributed by atoms with E-state index in [9.17, 15) is 4.79 Å². The van der Waals surface area contributed by atoms with Crippen molar-refractivity contribution in [1.82, 2.24) is 10.2 Å². The Kier molecular flexibility index (Phi) is 2.34. The highest BCUT2D eigenvalue weighted by Gasteiger charge is 2.13. The maximum atomic E-state index is 11.2. The molecule has 2 aromatic heterocycles. The van der Waals surface area contributed by atoms with Gasteiger partial charge in [-0.1, -0.05) is 11.3 Å². The van der Waals surface area contributed by atoms with Gasteiger partial charge >= 0.3 is 4.94 Å². The molecular formula is C11H9N3O3S. The summed E-state index contributed by atoms with van der Waals surface area (Å²) in [7, 11) is 1.56. The van der Waals surface area contributed by atoms with E-state index in [0.29, 0.717) is 22.8 Å². The molecule has 0 radical (unpaired) electrons. The van der Waals surface area contributed by atoms with Crippen LogP contribution in [0.3, 0.4) is 0 Å². The van der Waals surface area contributed by atoms with Crippen LogP contribution in [0.15, 0.2) is 27.4 Å². The quantitative estimate of drug-likeness (QED) is 0.735. The number of benzene rings is 1. The lowest BCUT2D eigenvalue weighted by molar-refractivity contribution is 0.416. The fraction of sp³-hybridized carbons (Fsp3) is 0.0909. The predicted molar refractivity (Wildman–Crippen MR) is 68.9 cm³/mol. The molecule has 0 aliphatic carbocycles. The summed E-state index contributed by atoms with van der Waals surface area (Å²) < 4.78 is 11.1. The second-order valence-corrected chi connectivity index (χ2v) is 4.64. The van der Waals surface area contributed by atoms with Crippen molar-refractivity contribution in [3.05, 3.63) is 27.9 Å². The largest absolute Gasteiger partial charge is 0.496 e. The number of methoxy groups -OCH3 is 1. The highest BCUT2D eigenvalue weighted by atomic mass is 32.1. The van der Waals surface area contributed by atoms with E-state index >= 15 is 0 Å². The van der Waals surface area contributed by atoms with Crippen LogP contribution in [0.5, 0.6) is 5.75 Å². The van der Waals surface area contributed by atoms with Crippen LogP contribution in [0.2, 0.25) is 0 Å². The molecule has 0 saturated carbocycles. The molecule has 0 bridgehead atoms. The number of aromatic nitrogens is 2. The first-order chi connectivity index (χ1) is 8.67. The molecule has 0 unspecified atom stereocenters. The number of nitrogen functional groups attached to an aromatic ring is 1. The molecule has 0 spiro atoms. The first-order valence-corrected chi connectivity index (χ1v) is 5.92. The summed E-state index contributed by atoms with van der Waals surface area (Å²) in [6.07, 6.45) is 0. The smallest absolute Gasteiger partial charge is 0.396 e. The normalized spacial score (nSPS) is 10.9. The van der Waals surface area contributed by atoms with Crippen molar-refractivity contribution in [3.8, 4) is 17.0 Å². The zero-order chi connectivity index (χ0) is 12.7. The molecule has 7 heteroatoms. The number of ether oxygens (including phenoxy) is 1. The van der Waals surface area contributed by atoms with Gasteiger partial charge < -0.3 is 14.9 Å². The Balaban J connectivity index is 2.29. The predicted octanol–water partition coefficient (Wildman–Crippen LogP) is 1.84. The van der Waals surface area contributed by atoms with Gasteiger partial charge in [-0.25, -0.2) is 4.79 Å². The van der Waals surface area contributed by atoms with Crippen molar-refractivity contribution < 1.29 is 9.15 Å². The van der Waals surface area contributed by atoms with Crippen LogP contribution in [-0.4, -0.2) is 17.3 Å². The van der Waals surface area contributed by atoms with E-state index in [-0.39, 0.29) is 4.94 Å². The molecule has 3 N–H and O–H groups in total. The van der Waals surface area contributed by atoms with Crippen LogP contribution < -0.4 is 15.4 Å². The molecule has 0 amide bonds. The Morgan fingerprint density at radius 1 is 1.44 bits per heavy atom. The van der Waals surface area contributed by atoms with Gasteiger partial charge in [-0.3, -0.25) is 5.10 Å². The van der Waals surface area contributed by atoms with E-state index < -0.39 is 0 Å². The van der Waals surface area contributed by atoms with E-state index in [1.54, 1.807) is 25.3 Å². The van der Waals surface area contributed by atoms with Crippen molar-refractivity contribution in [3.63, 3.8) is 0 Å². The third-order valence-electron chi connectivity index (χ3n) is 2.54. The van der Waals surface area contributed by atoms with Crippen molar-refractivity contribution in [2.45, 2.75) is 0 Å². The number of fused-ring (bicyclic) bond motifs is 1. The number of anilines is 1. The van der Waals surface area contributed by atoms with E-state index in [1.165, 1.54) is 0 Å². The highest BCUT2D eigenvalue weighted by molar-refractivity contribution is 7.16. The van der Waals surface area contributed by atoms with Crippen molar-refractivity contribution in [2.75, 3.05) is 12.8 Å². The van der Waals surface area contributed by atoms with Gasteiger partial charge in [0.1, 0.15) is 17.2 Å². The minimum absolute atomic E-state index is 0.340. The molecular weight excluding hydrogens is 254 g/mol. The fourth-order valence-electron chi connectivity index (χ4n) is 1.76. The zero-order valence-corrected chi connectivity index (χ0v) is 10.2. The topological polar surface area (TPSA) is 94.1 Å². The van der Waals surface area contributed by atoms with Crippen molar-refractivity contribution >= 4 is 27.4 Å². The maximum Gasteiger partial charge on any atom is 0.396 e. The van der Waals surface area contributed by atoms with Crippen LogP contribution >= 0.6 is 11.3 Å². The van der Waals surface area contributed by atoms with Gasteiger partial charge in [0.25, 0.3) is 0 Å². The van der Waals surface area contributed by atoms with Gasteiger partial charge in [-0.05, 0) is 6.07 Å².